The summed E-state index contributed by atoms with van der Waals surface area (Å²) in [4.78, 5) is 0. The molecule has 0 saturated heterocycles. The molecule has 0 radical (unpaired) electrons. The van der Waals surface area contributed by atoms with E-state index in [0.717, 1.165) is 22.4 Å². The van der Waals surface area contributed by atoms with E-state index in [9.17, 15) is 0 Å². The molecule has 18 heavy (non-hydrogen) atoms. The monoisotopic (exact) mass is 264 g/mol. The summed E-state index contributed by atoms with van der Waals surface area (Å²) >= 11 is 0. The van der Waals surface area contributed by atoms with Crippen LogP contribution in [-0.4, -0.2) is 0 Å². The summed E-state index contributed by atoms with van der Waals surface area (Å²) in [5.74, 6) is 0. The van der Waals surface area contributed by atoms with Gasteiger partial charge in [-0.3, -0.25) is 0 Å². The number of hydrogen-bond donors (Lipinski definition) is 4. The van der Waals surface area contributed by atoms with E-state index in [2.05, 4.69) is 0 Å². The highest BCUT2D eigenvalue weighted by Crippen LogP contribution is 2.29. The number of benzene rings is 2. The lowest BCUT2D eigenvalue weighted by Gasteiger charge is -2.10. The van der Waals surface area contributed by atoms with E-state index in [-0.39, 0.29) is 12.4 Å². The topological polar surface area (TPSA) is 104 Å². The number of hydrogen-bond acceptors (Lipinski definition) is 4. The predicted octanol–water partition coefficient (Wildman–Crippen LogP) is 1.98. The molecule has 0 aliphatic rings. The van der Waals surface area contributed by atoms with Crippen molar-refractivity contribution in [2.45, 2.75) is 6.54 Å². The predicted molar refractivity (Wildman–Crippen MR) is 80.3 cm³/mol. The molecule has 0 spiro atoms. The Morgan fingerprint density at radius 1 is 0.778 bits per heavy atom. The maximum absolute atomic E-state index is 5.92. The highest BCUT2D eigenvalue weighted by Gasteiger charge is 2.06. The second-order valence-electron chi connectivity index (χ2n) is 3.96. The Bertz CT molecular complexity index is 514. The van der Waals surface area contributed by atoms with Crippen molar-refractivity contribution in [3.63, 3.8) is 0 Å². The first-order valence-corrected chi connectivity index (χ1v) is 5.35. The number of nitrogen functional groups attached to an aromatic ring is 3. The molecule has 0 bridgehead atoms. The Kier molecular flexibility index (Phi) is 4.42. The standard InChI is InChI=1S/C13H16N4.ClH/c14-7-11-12(16)5-9(6-13(11)17)8-1-3-10(15)4-2-8;/h1-6H,7,14-17H2;1H. The summed E-state index contributed by atoms with van der Waals surface area (Å²) in [6.45, 7) is 0.347. The first-order chi connectivity index (χ1) is 8.11. The molecule has 0 aromatic heterocycles. The minimum absolute atomic E-state index is 0. The zero-order valence-corrected chi connectivity index (χ0v) is 10.7. The Hall–Kier alpha value is -1.91. The molecule has 0 saturated carbocycles. The molecular weight excluding hydrogens is 248 g/mol. The van der Waals surface area contributed by atoms with Crippen molar-refractivity contribution in [1.82, 2.24) is 0 Å². The Morgan fingerprint density at radius 3 is 1.72 bits per heavy atom. The SMILES string of the molecule is Cl.NCc1c(N)cc(-c2ccc(N)cc2)cc1N. The van der Waals surface area contributed by atoms with Gasteiger partial charge in [-0.15, -0.1) is 12.4 Å². The molecule has 0 aliphatic heterocycles. The summed E-state index contributed by atoms with van der Waals surface area (Å²) in [5, 5.41) is 0. The van der Waals surface area contributed by atoms with Crippen molar-refractivity contribution in [2.24, 2.45) is 5.73 Å². The van der Waals surface area contributed by atoms with Gasteiger partial charge in [0.05, 0.1) is 0 Å². The molecule has 0 heterocycles. The van der Waals surface area contributed by atoms with Crippen LogP contribution in [0.5, 0.6) is 0 Å². The van der Waals surface area contributed by atoms with E-state index in [1.165, 1.54) is 0 Å². The lowest BCUT2D eigenvalue weighted by atomic mass is 10.0. The van der Waals surface area contributed by atoms with Crippen LogP contribution in [0.15, 0.2) is 36.4 Å². The first-order valence-electron chi connectivity index (χ1n) is 5.35. The van der Waals surface area contributed by atoms with Crippen molar-refractivity contribution in [2.75, 3.05) is 17.2 Å². The second-order valence-corrected chi connectivity index (χ2v) is 3.96. The van der Waals surface area contributed by atoms with Crippen molar-refractivity contribution in [3.05, 3.63) is 42.0 Å². The summed E-state index contributed by atoms with van der Waals surface area (Å²) < 4.78 is 0. The van der Waals surface area contributed by atoms with Gasteiger partial charge in [-0.25, -0.2) is 0 Å². The lowest BCUT2D eigenvalue weighted by molar-refractivity contribution is 1.08. The van der Waals surface area contributed by atoms with Crippen molar-refractivity contribution >= 4 is 29.5 Å². The van der Waals surface area contributed by atoms with Gasteiger partial charge in [0.1, 0.15) is 0 Å². The zero-order valence-electron chi connectivity index (χ0n) is 9.89. The number of nitrogens with two attached hydrogens (primary N) is 4. The van der Waals surface area contributed by atoms with Crippen LogP contribution >= 0.6 is 12.4 Å². The molecule has 0 fully saturated rings. The summed E-state index contributed by atoms with van der Waals surface area (Å²) in [7, 11) is 0. The Morgan fingerprint density at radius 2 is 1.28 bits per heavy atom. The highest BCUT2D eigenvalue weighted by atomic mass is 35.5. The van der Waals surface area contributed by atoms with Gasteiger partial charge in [0, 0.05) is 29.2 Å². The third-order valence-corrected chi connectivity index (χ3v) is 2.77. The number of anilines is 3. The van der Waals surface area contributed by atoms with Gasteiger partial charge >= 0.3 is 0 Å². The van der Waals surface area contributed by atoms with Gasteiger partial charge in [-0.05, 0) is 35.4 Å². The van der Waals surface area contributed by atoms with Crippen LogP contribution in [0.2, 0.25) is 0 Å². The van der Waals surface area contributed by atoms with Crippen LogP contribution in [0.4, 0.5) is 17.1 Å². The molecule has 96 valence electrons. The molecule has 5 heteroatoms. The molecule has 2 aromatic rings. The quantitative estimate of drug-likeness (QED) is 0.623. The van der Waals surface area contributed by atoms with Crippen LogP contribution < -0.4 is 22.9 Å². The van der Waals surface area contributed by atoms with Crippen LogP contribution in [0.1, 0.15) is 5.56 Å². The normalized spacial score (nSPS) is 9.83. The van der Waals surface area contributed by atoms with E-state index in [1.807, 2.05) is 36.4 Å². The smallest absolute Gasteiger partial charge is 0.0386 e. The lowest BCUT2D eigenvalue weighted by Crippen LogP contribution is -2.06. The minimum atomic E-state index is 0. The van der Waals surface area contributed by atoms with Gasteiger partial charge in [0.25, 0.3) is 0 Å². The average Bonchev–Trinajstić information content (AvgIpc) is 2.29. The summed E-state index contributed by atoms with van der Waals surface area (Å²) in [6, 6.07) is 11.3. The van der Waals surface area contributed by atoms with E-state index in [1.54, 1.807) is 0 Å². The maximum Gasteiger partial charge on any atom is 0.0386 e. The second kappa shape index (κ2) is 5.62. The summed E-state index contributed by atoms with van der Waals surface area (Å²) in [5.41, 5.74) is 27.8. The van der Waals surface area contributed by atoms with Gasteiger partial charge in [0.2, 0.25) is 0 Å². The van der Waals surface area contributed by atoms with Gasteiger partial charge in [-0.2, -0.15) is 0 Å². The molecule has 0 atom stereocenters. The molecule has 2 rings (SSSR count). The third-order valence-electron chi connectivity index (χ3n) is 2.77. The Labute approximate surface area is 112 Å². The summed E-state index contributed by atoms with van der Waals surface area (Å²) in [6.07, 6.45) is 0. The third kappa shape index (κ3) is 2.67. The fraction of sp³-hybridized carbons (Fsp3) is 0.0769. The highest BCUT2D eigenvalue weighted by molar-refractivity contribution is 5.85. The van der Waals surface area contributed by atoms with Crippen molar-refractivity contribution < 1.29 is 0 Å². The van der Waals surface area contributed by atoms with Crippen LogP contribution in [-0.2, 0) is 6.54 Å². The zero-order chi connectivity index (χ0) is 12.4. The number of rotatable bonds is 2. The number of halogens is 1. The van der Waals surface area contributed by atoms with Crippen LogP contribution in [0, 0.1) is 0 Å². The average molecular weight is 265 g/mol. The van der Waals surface area contributed by atoms with E-state index in [4.69, 9.17) is 22.9 Å². The fourth-order valence-electron chi connectivity index (χ4n) is 1.80. The molecule has 0 unspecified atom stereocenters. The van der Waals surface area contributed by atoms with Gasteiger partial charge in [-0.1, -0.05) is 12.1 Å². The van der Waals surface area contributed by atoms with E-state index >= 15 is 0 Å². The molecule has 8 N–H and O–H groups in total. The van der Waals surface area contributed by atoms with Crippen molar-refractivity contribution in [1.29, 1.82) is 0 Å². The maximum atomic E-state index is 5.92. The van der Waals surface area contributed by atoms with E-state index < -0.39 is 0 Å². The van der Waals surface area contributed by atoms with E-state index in [0.29, 0.717) is 17.9 Å². The Balaban J connectivity index is 0.00000162. The fourth-order valence-corrected chi connectivity index (χ4v) is 1.80. The largest absolute Gasteiger partial charge is 0.399 e. The molecular formula is C13H17ClN4. The molecule has 0 amide bonds. The molecule has 0 aliphatic carbocycles. The van der Waals surface area contributed by atoms with Gasteiger partial charge < -0.3 is 22.9 Å². The molecule has 4 nitrogen and oxygen atoms in total. The molecule has 2 aromatic carbocycles. The van der Waals surface area contributed by atoms with Crippen LogP contribution in [0.25, 0.3) is 11.1 Å². The minimum Gasteiger partial charge on any atom is -0.399 e. The van der Waals surface area contributed by atoms with Crippen LogP contribution in [0.3, 0.4) is 0 Å². The van der Waals surface area contributed by atoms with Crippen molar-refractivity contribution in [3.8, 4) is 11.1 Å². The van der Waals surface area contributed by atoms with Gasteiger partial charge in [0.15, 0.2) is 0 Å². The first kappa shape index (κ1) is 14.2.